The van der Waals surface area contributed by atoms with Crippen molar-refractivity contribution in [3.63, 3.8) is 0 Å². The van der Waals surface area contributed by atoms with Gasteiger partial charge in [-0.15, -0.1) is 0 Å². The van der Waals surface area contributed by atoms with Crippen LogP contribution in [-0.2, 0) is 17.6 Å². The molecular formula is C21H22N2O4. The van der Waals surface area contributed by atoms with Crippen molar-refractivity contribution in [2.75, 3.05) is 20.8 Å². The van der Waals surface area contributed by atoms with Gasteiger partial charge in [0.1, 0.15) is 11.5 Å². The van der Waals surface area contributed by atoms with Crippen LogP contribution < -0.4 is 14.8 Å². The van der Waals surface area contributed by atoms with Crippen molar-refractivity contribution in [1.82, 2.24) is 10.5 Å². The maximum absolute atomic E-state index is 12.2. The summed E-state index contributed by atoms with van der Waals surface area (Å²) in [6.45, 7) is 0.528. The van der Waals surface area contributed by atoms with E-state index in [4.69, 9.17) is 14.0 Å². The first-order valence-corrected chi connectivity index (χ1v) is 8.68. The topological polar surface area (TPSA) is 73.6 Å². The largest absolute Gasteiger partial charge is 0.497 e. The lowest BCUT2D eigenvalue weighted by Crippen LogP contribution is -2.27. The molecule has 0 aliphatic heterocycles. The molecular weight excluding hydrogens is 344 g/mol. The van der Waals surface area contributed by atoms with E-state index in [1.807, 2.05) is 48.5 Å². The minimum absolute atomic E-state index is 0.101. The Bertz CT molecular complexity index is 904. The van der Waals surface area contributed by atoms with Crippen LogP contribution in [0.4, 0.5) is 0 Å². The highest BCUT2D eigenvalue weighted by atomic mass is 16.5. The van der Waals surface area contributed by atoms with Gasteiger partial charge in [0, 0.05) is 18.2 Å². The third-order valence-corrected chi connectivity index (χ3v) is 4.16. The van der Waals surface area contributed by atoms with Crippen molar-refractivity contribution < 1.29 is 18.8 Å². The molecule has 1 heterocycles. The predicted molar refractivity (Wildman–Crippen MR) is 102 cm³/mol. The molecule has 0 radical (unpaired) electrons. The van der Waals surface area contributed by atoms with Crippen LogP contribution in [0.15, 0.2) is 59.1 Å². The van der Waals surface area contributed by atoms with Gasteiger partial charge in [0.25, 0.3) is 0 Å². The highest BCUT2D eigenvalue weighted by molar-refractivity contribution is 5.78. The number of carbonyl (C=O) groups is 1. The SMILES string of the molecule is COc1cccc(-c2cc(CC(=O)NCCc3ccccc3OC)no2)c1. The van der Waals surface area contributed by atoms with Gasteiger partial charge >= 0.3 is 0 Å². The molecule has 3 rings (SSSR count). The third-order valence-electron chi connectivity index (χ3n) is 4.16. The minimum atomic E-state index is -0.101. The number of aromatic nitrogens is 1. The second-order valence-corrected chi connectivity index (χ2v) is 6.00. The van der Waals surface area contributed by atoms with Crippen LogP contribution in [-0.4, -0.2) is 31.8 Å². The molecule has 0 unspecified atom stereocenters. The monoisotopic (exact) mass is 366 g/mol. The number of nitrogens with one attached hydrogen (secondary N) is 1. The Morgan fingerprint density at radius 1 is 1.07 bits per heavy atom. The van der Waals surface area contributed by atoms with Gasteiger partial charge in [0.2, 0.25) is 5.91 Å². The summed E-state index contributed by atoms with van der Waals surface area (Å²) >= 11 is 0. The average Bonchev–Trinajstić information content (AvgIpc) is 3.17. The normalized spacial score (nSPS) is 10.4. The van der Waals surface area contributed by atoms with Gasteiger partial charge in [-0.2, -0.15) is 0 Å². The molecule has 0 fully saturated rings. The predicted octanol–water partition coefficient (Wildman–Crippen LogP) is 3.26. The molecule has 6 heteroatoms. The molecule has 0 saturated heterocycles. The summed E-state index contributed by atoms with van der Waals surface area (Å²) in [5.74, 6) is 2.06. The van der Waals surface area contributed by atoms with E-state index in [0.717, 1.165) is 22.6 Å². The quantitative estimate of drug-likeness (QED) is 0.662. The van der Waals surface area contributed by atoms with Gasteiger partial charge in [-0.25, -0.2) is 0 Å². The standard InChI is InChI=1S/C21H22N2O4/c1-25-18-8-5-7-16(12-18)20-13-17(23-27-20)14-21(24)22-11-10-15-6-3-4-9-19(15)26-2/h3-9,12-13H,10-11,14H2,1-2H3,(H,22,24). The molecule has 2 aromatic carbocycles. The van der Waals surface area contributed by atoms with Crippen LogP contribution in [0, 0.1) is 0 Å². The molecule has 0 aliphatic rings. The lowest BCUT2D eigenvalue weighted by molar-refractivity contribution is -0.120. The summed E-state index contributed by atoms with van der Waals surface area (Å²) in [6.07, 6.45) is 0.864. The van der Waals surface area contributed by atoms with E-state index in [0.29, 0.717) is 24.4 Å². The number of rotatable bonds is 8. The number of para-hydroxylation sites is 1. The first-order valence-electron chi connectivity index (χ1n) is 8.68. The number of benzene rings is 2. The van der Waals surface area contributed by atoms with Crippen molar-refractivity contribution in [2.24, 2.45) is 0 Å². The maximum Gasteiger partial charge on any atom is 0.226 e. The molecule has 6 nitrogen and oxygen atoms in total. The molecule has 1 N–H and O–H groups in total. The second kappa shape index (κ2) is 8.89. The van der Waals surface area contributed by atoms with Crippen molar-refractivity contribution in [3.05, 3.63) is 65.9 Å². The summed E-state index contributed by atoms with van der Waals surface area (Å²) in [4.78, 5) is 12.2. The summed E-state index contributed by atoms with van der Waals surface area (Å²) in [5.41, 5.74) is 2.49. The summed E-state index contributed by atoms with van der Waals surface area (Å²) in [7, 11) is 3.25. The summed E-state index contributed by atoms with van der Waals surface area (Å²) in [6, 6.07) is 17.0. The van der Waals surface area contributed by atoms with Crippen LogP contribution in [0.1, 0.15) is 11.3 Å². The average molecular weight is 366 g/mol. The Balaban J connectivity index is 1.53. The number of carbonyl (C=O) groups excluding carboxylic acids is 1. The van der Waals surface area contributed by atoms with E-state index in [-0.39, 0.29) is 12.3 Å². The number of amides is 1. The smallest absolute Gasteiger partial charge is 0.226 e. The van der Waals surface area contributed by atoms with E-state index < -0.39 is 0 Å². The zero-order valence-electron chi connectivity index (χ0n) is 15.4. The van der Waals surface area contributed by atoms with Gasteiger partial charge in [-0.3, -0.25) is 4.79 Å². The number of methoxy groups -OCH3 is 2. The molecule has 0 atom stereocenters. The van der Waals surface area contributed by atoms with Gasteiger partial charge in [0.05, 0.1) is 26.3 Å². The van der Waals surface area contributed by atoms with E-state index in [9.17, 15) is 4.79 Å². The van der Waals surface area contributed by atoms with E-state index in [1.54, 1.807) is 20.3 Å². The molecule has 0 spiro atoms. The number of hydrogen-bond acceptors (Lipinski definition) is 5. The van der Waals surface area contributed by atoms with Gasteiger partial charge in [-0.05, 0) is 30.2 Å². The Kier molecular flexibility index (Phi) is 6.10. The van der Waals surface area contributed by atoms with Gasteiger partial charge in [-0.1, -0.05) is 35.5 Å². The fraction of sp³-hybridized carbons (Fsp3) is 0.238. The Hall–Kier alpha value is -3.28. The van der Waals surface area contributed by atoms with E-state index in [1.165, 1.54) is 0 Å². The Morgan fingerprint density at radius 2 is 1.93 bits per heavy atom. The molecule has 0 bridgehead atoms. The fourth-order valence-electron chi connectivity index (χ4n) is 2.78. The minimum Gasteiger partial charge on any atom is -0.497 e. The van der Waals surface area contributed by atoms with E-state index in [2.05, 4.69) is 10.5 Å². The van der Waals surface area contributed by atoms with Crippen molar-refractivity contribution in [1.29, 1.82) is 0 Å². The zero-order valence-corrected chi connectivity index (χ0v) is 15.4. The van der Waals surface area contributed by atoms with Crippen LogP contribution in [0.25, 0.3) is 11.3 Å². The summed E-state index contributed by atoms with van der Waals surface area (Å²) in [5, 5.41) is 6.89. The maximum atomic E-state index is 12.2. The number of ether oxygens (including phenoxy) is 2. The van der Waals surface area contributed by atoms with Crippen LogP contribution in [0.5, 0.6) is 11.5 Å². The molecule has 3 aromatic rings. The Labute approximate surface area is 158 Å². The molecule has 1 aromatic heterocycles. The van der Waals surface area contributed by atoms with Crippen LogP contribution in [0.3, 0.4) is 0 Å². The second-order valence-electron chi connectivity index (χ2n) is 6.00. The number of nitrogens with zero attached hydrogens (tertiary/aromatic N) is 1. The van der Waals surface area contributed by atoms with E-state index >= 15 is 0 Å². The molecule has 0 aliphatic carbocycles. The highest BCUT2D eigenvalue weighted by Gasteiger charge is 2.11. The fourth-order valence-corrected chi connectivity index (χ4v) is 2.78. The first-order chi connectivity index (χ1) is 13.2. The first kappa shape index (κ1) is 18.5. The lowest BCUT2D eigenvalue weighted by Gasteiger charge is -2.08. The molecule has 27 heavy (non-hydrogen) atoms. The lowest BCUT2D eigenvalue weighted by atomic mass is 10.1. The Morgan fingerprint density at radius 3 is 2.74 bits per heavy atom. The van der Waals surface area contributed by atoms with Crippen LogP contribution in [0.2, 0.25) is 0 Å². The van der Waals surface area contributed by atoms with Crippen molar-refractivity contribution in [3.8, 4) is 22.8 Å². The molecule has 0 saturated carbocycles. The van der Waals surface area contributed by atoms with Crippen LogP contribution >= 0.6 is 0 Å². The highest BCUT2D eigenvalue weighted by Crippen LogP contribution is 2.24. The molecule has 140 valence electrons. The molecule has 1 amide bonds. The number of hydrogen-bond donors (Lipinski definition) is 1. The van der Waals surface area contributed by atoms with Crippen molar-refractivity contribution in [2.45, 2.75) is 12.8 Å². The summed E-state index contributed by atoms with van der Waals surface area (Å²) < 4.78 is 15.9. The van der Waals surface area contributed by atoms with Crippen molar-refractivity contribution >= 4 is 5.91 Å². The van der Waals surface area contributed by atoms with Gasteiger partial charge in [0.15, 0.2) is 5.76 Å². The third kappa shape index (κ3) is 4.88. The van der Waals surface area contributed by atoms with Gasteiger partial charge < -0.3 is 19.3 Å². The zero-order chi connectivity index (χ0) is 19.1.